The van der Waals surface area contributed by atoms with E-state index in [1.807, 2.05) is 31.5 Å². The molecule has 0 amide bonds. The number of nitrogens with one attached hydrogen (secondary N) is 1. The highest BCUT2D eigenvalue weighted by Crippen LogP contribution is 2.29. The Bertz CT molecular complexity index is 602. The third-order valence-electron chi connectivity index (χ3n) is 3.06. The van der Waals surface area contributed by atoms with Crippen molar-refractivity contribution >= 4 is 17.2 Å². The predicted molar refractivity (Wildman–Crippen MR) is 76.2 cm³/mol. The van der Waals surface area contributed by atoms with Gasteiger partial charge in [-0.3, -0.25) is 0 Å². The second kappa shape index (κ2) is 4.91. The van der Waals surface area contributed by atoms with Gasteiger partial charge in [0.2, 0.25) is 0 Å². The summed E-state index contributed by atoms with van der Waals surface area (Å²) in [5.74, 6) is 0.464. The Balaban J connectivity index is 2.40. The van der Waals surface area contributed by atoms with Crippen molar-refractivity contribution < 1.29 is 4.39 Å². The van der Waals surface area contributed by atoms with Crippen LogP contribution in [-0.2, 0) is 0 Å². The highest BCUT2D eigenvalue weighted by Gasteiger charge is 2.15. The van der Waals surface area contributed by atoms with E-state index in [4.69, 9.17) is 5.73 Å². The molecule has 0 radical (unpaired) electrons. The Hall–Kier alpha value is -2.04. The second-order valence-electron chi connectivity index (χ2n) is 4.97. The maximum atomic E-state index is 13.6. The summed E-state index contributed by atoms with van der Waals surface area (Å²) in [6.07, 6.45) is 0. The number of nitrogen functional groups attached to an aromatic ring is 1. The number of aryl methyl sites for hydroxylation is 2. The maximum Gasteiger partial charge on any atom is 0.152 e. The summed E-state index contributed by atoms with van der Waals surface area (Å²) < 4.78 is 15.4. The zero-order valence-corrected chi connectivity index (χ0v) is 11.7. The van der Waals surface area contributed by atoms with Crippen LogP contribution < -0.4 is 11.1 Å². The molecule has 0 atom stereocenters. The number of halogens is 1. The van der Waals surface area contributed by atoms with Gasteiger partial charge in [-0.25, -0.2) is 9.07 Å². The smallest absolute Gasteiger partial charge is 0.152 e. The molecule has 1 aromatic heterocycles. The lowest BCUT2D eigenvalue weighted by molar-refractivity contribution is 0.536. The first-order valence-corrected chi connectivity index (χ1v) is 6.28. The van der Waals surface area contributed by atoms with E-state index in [-0.39, 0.29) is 11.9 Å². The molecule has 3 N–H and O–H groups in total. The van der Waals surface area contributed by atoms with Gasteiger partial charge in [-0.15, -0.1) is 0 Å². The standard InChI is InChI=1S/C14H19FN4/c1-8(2)19-14(13(16)10(4)18-19)17-11-6-5-9(3)12(15)7-11/h5-8,17H,16H2,1-4H3. The van der Waals surface area contributed by atoms with Gasteiger partial charge in [0.1, 0.15) is 5.82 Å². The number of rotatable bonds is 3. The van der Waals surface area contributed by atoms with E-state index < -0.39 is 0 Å². The lowest BCUT2D eigenvalue weighted by atomic mass is 10.2. The molecule has 102 valence electrons. The van der Waals surface area contributed by atoms with Crippen LogP contribution in [0.15, 0.2) is 18.2 Å². The monoisotopic (exact) mass is 262 g/mol. The quantitative estimate of drug-likeness (QED) is 0.889. The molecule has 0 aliphatic carbocycles. The second-order valence-corrected chi connectivity index (χ2v) is 4.97. The number of nitrogens with two attached hydrogens (primary N) is 1. The van der Waals surface area contributed by atoms with Gasteiger partial charge in [-0.2, -0.15) is 5.10 Å². The average Bonchev–Trinajstić information content (AvgIpc) is 2.62. The fourth-order valence-corrected chi connectivity index (χ4v) is 1.87. The molecule has 0 spiro atoms. The first kappa shape index (κ1) is 13.4. The van der Waals surface area contributed by atoms with Gasteiger partial charge < -0.3 is 11.1 Å². The summed E-state index contributed by atoms with van der Waals surface area (Å²) in [4.78, 5) is 0. The fourth-order valence-electron chi connectivity index (χ4n) is 1.87. The molecule has 0 aliphatic rings. The highest BCUT2D eigenvalue weighted by molar-refractivity contribution is 5.71. The molecule has 0 unspecified atom stereocenters. The van der Waals surface area contributed by atoms with E-state index >= 15 is 0 Å². The van der Waals surface area contributed by atoms with Gasteiger partial charge in [0.15, 0.2) is 5.82 Å². The van der Waals surface area contributed by atoms with E-state index in [1.54, 1.807) is 13.0 Å². The lowest BCUT2D eigenvalue weighted by Gasteiger charge is -2.13. The van der Waals surface area contributed by atoms with Crippen molar-refractivity contribution in [1.29, 1.82) is 0 Å². The molecule has 0 bridgehead atoms. The summed E-state index contributed by atoms with van der Waals surface area (Å²) >= 11 is 0. The van der Waals surface area contributed by atoms with Crippen LogP contribution in [0.5, 0.6) is 0 Å². The maximum absolute atomic E-state index is 13.6. The first-order valence-electron chi connectivity index (χ1n) is 6.28. The third kappa shape index (κ3) is 2.54. The van der Waals surface area contributed by atoms with E-state index in [0.29, 0.717) is 22.8 Å². The van der Waals surface area contributed by atoms with E-state index in [9.17, 15) is 4.39 Å². The topological polar surface area (TPSA) is 55.9 Å². The van der Waals surface area contributed by atoms with Crippen molar-refractivity contribution in [3.05, 3.63) is 35.3 Å². The minimum atomic E-state index is -0.240. The average molecular weight is 262 g/mol. The number of nitrogens with zero attached hydrogens (tertiary/aromatic N) is 2. The van der Waals surface area contributed by atoms with Gasteiger partial charge in [-0.05, 0) is 45.4 Å². The molecular formula is C14H19FN4. The molecule has 4 nitrogen and oxygen atoms in total. The number of benzene rings is 1. The molecule has 5 heteroatoms. The molecule has 19 heavy (non-hydrogen) atoms. The van der Waals surface area contributed by atoms with Crippen LogP contribution in [0.1, 0.15) is 31.1 Å². The molecule has 2 aromatic rings. The van der Waals surface area contributed by atoms with Gasteiger partial charge in [0.05, 0.1) is 11.4 Å². The molecule has 0 saturated carbocycles. The van der Waals surface area contributed by atoms with Gasteiger partial charge in [0, 0.05) is 11.7 Å². The van der Waals surface area contributed by atoms with Crippen LogP contribution in [0.2, 0.25) is 0 Å². The van der Waals surface area contributed by atoms with Crippen molar-refractivity contribution in [2.24, 2.45) is 0 Å². The van der Waals surface area contributed by atoms with Crippen molar-refractivity contribution in [3.63, 3.8) is 0 Å². The van der Waals surface area contributed by atoms with Crippen molar-refractivity contribution in [2.45, 2.75) is 33.7 Å². The van der Waals surface area contributed by atoms with Crippen LogP contribution in [0.3, 0.4) is 0 Å². The molecule has 1 heterocycles. The first-order chi connectivity index (χ1) is 8.90. The SMILES string of the molecule is Cc1ccc(Nc2c(N)c(C)nn2C(C)C)cc1F. The molecule has 0 saturated heterocycles. The van der Waals surface area contributed by atoms with E-state index in [0.717, 1.165) is 5.69 Å². The molecule has 1 aromatic carbocycles. The molecule has 0 fully saturated rings. The normalized spacial score (nSPS) is 11.1. The van der Waals surface area contributed by atoms with Crippen molar-refractivity contribution in [2.75, 3.05) is 11.1 Å². The Morgan fingerprint density at radius 3 is 2.58 bits per heavy atom. The molecule has 0 aliphatic heterocycles. The van der Waals surface area contributed by atoms with Crippen LogP contribution in [0.4, 0.5) is 21.6 Å². The number of anilines is 3. The highest BCUT2D eigenvalue weighted by atomic mass is 19.1. The van der Waals surface area contributed by atoms with Crippen LogP contribution in [-0.4, -0.2) is 9.78 Å². The van der Waals surface area contributed by atoms with Crippen molar-refractivity contribution in [3.8, 4) is 0 Å². The summed E-state index contributed by atoms with van der Waals surface area (Å²) in [6, 6.07) is 5.19. The van der Waals surface area contributed by atoms with Crippen LogP contribution >= 0.6 is 0 Å². The number of aromatic nitrogens is 2. The largest absolute Gasteiger partial charge is 0.394 e. The van der Waals surface area contributed by atoms with E-state index in [2.05, 4.69) is 10.4 Å². The zero-order chi connectivity index (χ0) is 14.2. The lowest BCUT2D eigenvalue weighted by Crippen LogP contribution is -2.08. The molecule has 2 rings (SSSR count). The Morgan fingerprint density at radius 1 is 1.32 bits per heavy atom. The Morgan fingerprint density at radius 2 is 2.00 bits per heavy atom. The zero-order valence-electron chi connectivity index (χ0n) is 11.7. The Kier molecular flexibility index (Phi) is 3.46. The summed E-state index contributed by atoms with van der Waals surface area (Å²) in [6.45, 7) is 7.63. The van der Waals surface area contributed by atoms with Gasteiger partial charge in [0.25, 0.3) is 0 Å². The van der Waals surface area contributed by atoms with Crippen LogP contribution in [0.25, 0.3) is 0 Å². The van der Waals surface area contributed by atoms with E-state index in [1.165, 1.54) is 6.07 Å². The minimum absolute atomic E-state index is 0.175. The minimum Gasteiger partial charge on any atom is -0.394 e. The predicted octanol–water partition coefficient (Wildman–Crippen LogP) is 3.55. The Labute approximate surface area is 112 Å². The summed E-state index contributed by atoms with van der Waals surface area (Å²) in [5.41, 5.74) is 8.66. The van der Waals surface area contributed by atoms with Crippen LogP contribution in [0, 0.1) is 19.7 Å². The fraction of sp³-hybridized carbons (Fsp3) is 0.357. The molecular weight excluding hydrogens is 243 g/mol. The van der Waals surface area contributed by atoms with Gasteiger partial charge >= 0.3 is 0 Å². The van der Waals surface area contributed by atoms with Crippen molar-refractivity contribution in [1.82, 2.24) is 9.78 Å². The third-order valence-corrected chi connectivity index (χ3v) is 3.06. The number of hydrogen-bond acceptors (Lipinski definition) is 3. The summed E-state index contributed by atoms with van der Waals surface area (Å²) in [5, 5.41) is 7.53. The number of hydrogen-bond donors (Lipinski definition) is 2. The van der Waals surface area contributed by atoms with Gasteiger partial charge in [-0.1, -0.05) is 6.07 Å². The summed E-state index contributed by atoms with van der Waals surface area (Å²) in [7, 11) is 0.